The first-order chi connectivity index (χ1) is 10.1. The van der Waals surface area contributed by atoms with Gasteiger partial charge >= 0.3 is 0 Å². The van der Waals surface area contributed by atoms with Gasteiger partial charge < -0.3 is 5.32 Å². The molecule has 0 fully saturated rings. The Kier molecular flexibility index (Phi) is 5.76. The van der Waals surface area contributed by atoms with E-state index in [9.17, 15) is 8.78 Å². The summed E-state index contributed by atoms with van der Waals surface area (Å²) in [5.41, 5.74) is 1.92. The summed E-state index contributed by atoms with van der Waals surface area (Å²) in [6.45, 7) is 2.08. The number of hydrogen-bond acceptors (Lipinski definition) is 2. The second kappa shape index (κ2) is 7.57. The standard InChI is InChI=1S/C17H19F2NS/c1-12-5-3-4-6-17(12)21-11-16(20-2)9-13-7-14(18)10-15(19)8-13/h3-8,10,16,20H,9,11H2,1-2H3. The molecule has 21 heavy (non-hydrogen) atoms. The van der Waals surface area contributed by atoms with E-state index in [2.05, 4.69) is 24.4 Å². The number of hydrogen-bond donors (Lipinski definition) is 1. The summed E-state index contributed by atoms with van der Waals surface area (Å²) in [4.78, 5) is 1.24. The predicted octanol–water partition coefficient (Wildman–Crippen LogP) is 4.20. The molecule has 0 aliphatic carbocycles. The van der Waals surface area contributed by atoms with Gasteiger partial charge in [0.25, 0.3) is 0 Å². The molecule has 2 aromatic rings. The minimum atomic E-state index is -0.522. The summed E-state index contributed by atoms with van der Waals surface area (Å²) in [5, 5.41) is 3.21. The average Bonchev–Trinajstić information content (AvgIpc) is 2.44. The van der Waals surface area contributed by atoms with E-state index in [1.165, 1.54) is 22.6 Å². The number of likely N-dealkylation sites (N-methyl/N-ethyl adjacent to an activating group) is 1. The Morgan fingerprint density at radius 1 is 1.10 bits per heavy atom. The molecule has 0 heterocycles. The lowest BCUT2D eigenvalue weighted by molar-refractivity contribution is 0.569. The largest absolute Gasteiger partial charge is 0.316 e. The molecule has 0 aliphatic heterocycles. The van der Waals surface area contributed by atoms with Gasteiger partial charge in [0.1, 0.15) is 11.6 Å². The highest BCUT2D eigenvalue weighted by Gasteiger charge is 2.10. The fourth-order valence-electron chi connectivity index (χ4n) is 2.17. The van der Waals surface area contributed by atoms with E-state index in [1.54, 1.807) is 11.8 Å². The number of aryl methyl sites for hydroxylation is 1. The monoisotopic (exact) mass is 307 g/mol. The molecule has 1 unspecified atom stereocenters. The Morgan fingerprint density at radius 3 is 2.38 bits per heavy atom. The predicted molar refractivity (Wildman–Crippen MR) is 84.8 cm³/mol. The lowest BCUT2D eigenvalue weighted by Crippen LogP contribution is -2.30. The Labute approximate surface area is 128 Å². The fraction of sp³-hybridized carbons (Fsp3) is 0.294. The maximum Gasteiger partial charge on any atom is 0.126 e. The van der Waals surface area contributed by atoms with Gasteiger partial charge in [0.05, 0.1) is 0 Å². The van der Waals surface area contributed by atoms with E-state index < -0.39 is 11.6 Å². The van der Waals surface area contributed by atoms with Crippen molar-refractivity contribution in [3.05, 3.63) is 65.2 Å². The van der Waals surface area contributed by atoms with Crippen LogP contribution in [0.15, 0.2) is 47.4 Å². The molecule has 0 aliphatic rings. The zero-order valence-electron chi connectivity index (χ0n) is 12.2. The highest BCUT2D eigenvalue weighted by Crippen LogP contribution is 2.23. The molecule has 1 nitrogen and oxygen atoms in total. The van der Waals surface area contributed by atoms with Crippen molar-refractivity contribution in [2.24, 2.45) is 0 Å². The molecule has 0 spiro atoms. The van der Waals surface area contributed by atoms with Gasteiger partial charge in [-0.3, -0.25) is 0 Å². The van der Waals surface area contributed by atoms with Gasteiger partial charge in [0, 0.05) is 22.8 Å². The van der Waals surface area contributed by atoms with Crippen LogP contribution in [0.3, 0.4) is 0 Å². The number of halogens is 2. The van der Waals surface area contributed by atoms with Crippen molar-refractivity contribution in [1.29, 1.82) is 0 Å². The van der Waals surface area contributed by atoms with Crippen LogP contribution >= 0.6 is 11.8 Å². The highest BCUT2D eigenvalue weighted by molar-refractivity contribution is 7.99. The van der Waals surface area contributed by atoms with Crippen molar-refractivity contribution < 1.29 is 8.78 Å². The molecule has 1 N–H and O–H groups in total. The van der Waals surface area contributed by atoms with E-state index in [0.717, 1.165) is 11.8 Å². The molecule has 0 aromatic heterocycles. The van der Waals surface area contributed by atoms with E-state index in [0.29, 0.717) is 12.0 Å². The van der Waals surface area contributed by atoms with Crippen LogP contribution in [0.25, 0.3) is 0 Å². The van der Waals surface area contributed by atoms with Gasteiger partial charge in [0.15, 0.2) is 0 Å². The minimum Gasteiger partial charge on any atom is -0.316 e. The topological polar surface area (TPSA) is 12.0 Å². The maximum atomic E-state index is 13.2. The van der Waals surface area contributed by atoms with E-state index >= 15 is 0 Å². The fourth-order valence-corrected chi connectivity index (χ4v) is 3.30. The number of benzene rings is 2. The molecular formula is C17H19F2NS. The summed E-state index contributed by atoms with van der Waals surface area (Å²) in [7, 11) is 1.87. The van der Waals surface area contributed by atoms with Crippen LogP contribution in [0.4, 0.5) is 8.78 Å². The quantitative estimate of drug-likeness (QED) is 0.803. The molecular weight excluding hydrogens is 288 g/mol. The summed E-state index contributed by atoms with van der Waals surface area (Å²) in [5.74, 6) is -0.197. The zero-order valence-corrected chi connectivity index (χ0v) is 13.0. The lowest BCUT2D eigenvalue weighted by atomic mass is 10.1. The zero-order chi connectivity index (χ0) is 15.2. The number of nitrogens with one attached hydrogen (secondary N) is 1. The lowest BCUT2D eigenvalue weighted by Gasteiger charge is -2.16. The molecule has 0 saturated heterocycles. The molecule has 112 valence electrons. The Bertz CT molecular complexity index is 581. The molecule has 0 amide bonds. The number of thioether (sulfide) groups is 1. The summed E-state index contributed by atoms with van der Waals surface area (Å²) >= 11 is 1.76. The Morgan fingerprint density at radius 2 is 1.76 bits per heavy atom. The van der Waals surface area contributed by atoms with Gasteiger partial charge in [-0.1, -0.05) is 18.2 Å². The summed E-state index contributed by atoms with van der Waals surface area (Å²) in [6.07, 6.45) is 0.601. The number of rotatable bonds is 6. The van der Waals surface area contributed by atoms with Crippen molar-refractivity contribution in [2.75, 3.05) is 12.8 Å². The van der Waals surface area contributed by atoms with Gasteiger partial charge in [-0.05, 0) is 49.7 Å². The smallest absolute Gasteiger partial charge is 0.126 e. The van der Waals surface area contributed by atoms with Crippen LogP contribution in [-0.2, 0) is 6.42 Å². The van der Waals surface area contributed by atoms with Gasteiger partial charge in [0.2, 0.25) is 0 Å². The van der Waals surface area contributed by atoms with Crippen molar-refractivity contribution in [2.45, 2.75) is 24.3 Å². The van der Waals surface area contributed by atoms with Crippen LogP contribution in [0, 0.1) is 18.6 Å². The second-order valence-corrected chi connectivity index (χ2v) is 6.11. The Balaban J connectivity index is 1.98. The molecule has 1 atom stereocenters. The average molecular weight is 307 g/mol. The molecule has 0 radical (unpaired) electrons. The van der Waals surface area contributed by atoms with Gasteiger partial charge in [-0.25, -0.2) is 8.78 Å². The van der Waals surface area contributed by atoms with Crippen LogP contribution in [0.1, 0.15) is 11.1 Å². The van der Waals surface area contributed by atoms with Crippen molar-refractivity contribution in [3.8, 4) is 0 Å². The summed E-state index contributed by atoms with van der Waals surface area (Å²) in [6, 6.07) is 12.1. The first-order valence-electron chi connectivity index (χ1n) is 6.89. The van der Waals surface area contributed by atoms with E-state index in [4.69, 9.17) is 0 Å². The summed E-state index contributed by atoms with van der Waals surface area (Å²) < 4.78 is 26.4. The SMILES string of the molecule is CNC(CSc1ccccc1C)Cc1cc(F)cc(F)c1. The van der Waals surface area contributed by atoms with Gasteiger partial charge in [-0.2, -0.15) is 0 Å². The Hall–Kier alpha value is -1.39. The minimum absolute atomic E-state index is 0.163. The van der Waals surface area contributed by atoms with Crippen LogP contribution in [0.2, 0.25) is 0 Å². The van der Waals surface area contributed by atoms with Crippen molar-refractivity contribution in [1.82, 2.24) is 5.32 Å². The third-order valence-corrected chi connectivity index (χ3v) is 4.68. The van der Waals surface area contributed by atoms with Gasteiger partial charge in [-0.15, -0.1) is 11.8 Å². The third kappa shape index (κ3) is 4.83. The molecule has 2 aromatic carbocycles. The van der Waals surface area contributed by atoms with E-state index in [1.807, 2.05) is 19.2 Å². The maximum absolute atomic E-state index is 13.2. The molecule has 0 bridgehead atoms. The van der Waals surface area contributed by atoms with Crippen LogP contribution in [0.5, 0.6) is 0 Å². The molecule has 4 heteroatoms. The first-order valence-corrected chi connectivity index (χ1v) is 7.87. The third-order valence-electron chi connectivity index (χ3n) is 3.35. The van der Waals surface area contributed by atoms with E-state index in [-0.39, 0.29) is 6.04 Å². The normalized spacial score (nSPS) is 12.4. The van der Waals surface area contributed by atoms with Crippen LogP contribution in [-0.4, -0.2) is 18.8 Å². The highest BCUT2D eigenvalue weighted by atomic mass is 32.2. The first kappa shape index (κ1) is 16.0. The molecule has 0 saturated carbocycles. The second-order valence-electron chi connectivity index (χ2n) is 5.04. The molecule has 2 rings (SSSR count). The van der Waals surface area contributed by atoms with Crippen molar-refractivity contribution >= 4 is 11.8 Å². The van der Waals surface area contributed by atoms with Crippen molar-refractivity contribution in [3.63, 3.8) is 0 Å². The van der Waals surface area contributed by atoms with Crippen LogP contribution < -0.4 is 5.32 Å².